The van der Waals surface area contributed by atoms with Crippen LogP contribution in [0.3, 0.4) is 0 Å². The summed E-state index contributed by atoms with van der Waals surface area (Å²) in [6, 6.07) is 7.74. The lowest BCUT2D eigenvalue weighted by atomic mass is 10.1. The summed E-state index contributed by atoms with van der Waals surface area (Å²) in [6.45, 7) is 4.07. The van der Waals surface area contributed by atoms with Gasteiger partial charge in [0.25, 0.3) is 5.91 Å². The molecule has 3 rings (SSSR count). The number of hydrogen-bond acceptors (Lipinski definition) is 4. The van der Waals surface area contributed by atoms with Gasteiger partial charge in [-0.3, -0.25) is 4.79 Å². The van der Waals surface area contributed by atoms with E-state index in [0.717, 1.165) is 35.9 Å². The third-order valence-corrected chi connectivity index (χ3v) is 4.11. The molecule has 0 atom stereocenters. The number of carbonyl (C=O) groups is 1. The monoisotopic (exact) mass is 299 g/mol. The Balaban J connectivity index is 1.82. The van der Waals surface area contributed by atoms with Gasteiger partial charge in [0.2, 0.25) is 0 Å². The van der Waals surface area contributed by atoms with Crippen LogP contribution in [0.4, 0.5) is 5.69 Å². The van der Waals surface area contributed by atoms with Gasteiger partial charge < -0.3 is 14.4 Å². The molecule has 0 fully saturated rings. The predicted molar refractivity (Wildman–Crippen MR) is 85.1 cm³/mol. The Hall–Kier alpha value is -2.37. The highest BCUT2D eigenvalue weighted by molar-refractivity contribution is 5.99. The minimum atomic E-state index is 0.0839. The van der Waals surface area contributed by atoms with Crippen molar-refractivity contribution in [3.63, 3.8) is 0 Å². The molecular weight excluding hydrogens is 278 g/mol. The number of carbonyl (C=O) groups excluding carboxylic acids is 1. The lowest BCUT2D eigenvalue weighted by Gasteiger charge is -2.23. The van der Waals surface area contributed by atoms with E-state index < -0.39 is 0 Å². The molecule has 6 nitrogen and oxygen atoms in total. The van der Waals surface area contributed by atoms with Crippen LogP contribution in [0.25, 0.3) is 0 Å². The number of anilines is 1. The summed E-state index contributed by atoms with van der Waals surface area (Å²) in [4.78, 5) is 16.8. The zero-order valence-electron chi connectivity index (χ0n) is 13.3. The van der Waals surface area contributed by atoms with Gasteiger partial charge in [-0.05, 0) is 19.1 Å². The van der Waals surface area contributed by atoms with E-state index in [1.54, 1.807) is 0 Å². The van der Waals surface area contributed by atoms with Crippen molar-refractivity contribution in [1.82, 2.24) is 19.7 Å². The summed E-state index contributed by atoms with van der Waals surface area (Å²) < 4.78 is 2.10. The second kappa shape index (κ2) is 5.79. The zero-order chi connectivity index (χ0) is 15.7. The molecule has 0 bridgehead atoms. The molecule has 0 saturated carbocycles. The highest BCUT2D eigenvalue weighted by atomic mass is 16.2. The summed E-state index contributed by atoms with van der Waals surface area (Å²) in [5, 5.41) is 8.30. The average Bonchev–Trinajstić information content (AvgIpc) is 2.74. The van der Waals surface area contributed by atoms with Gasteiger partial charge in [-0.2, -0.15) is 0 Å². The van der Waals surface area contributed by atoms with E-state index >= 15 is 0 Å². The summed E-state index contributed by atoms with van der Waals surface area (Å²) in [5.74, 6) is 1.97. The number of nitrogens with zero attached hydrogens (tertiary/aromatic N) is 5. The molecule has 0 spiro atoms. The van der Waals surface area contributed by atoms with E-state index in [9.17, 15) is 4.79 Å². The van der Waals surface area contributed by atoms with E-state index in [2.05, 4.69) is 14.8 Å². The fourth-order valence-electron chi connectivity index (χ4n) is 2.89. The van der Waals surface area contributed by atoms with E-state index in [1.807, 2.05) is 55.1 Å². The predicted octanol–water partition coefficient (Wildman–Crippen LogP) is 1.35. The lowest BCUT2D eigenvalue weighted by Crippen LogP contribution is -2.34. The van der Waals surface area contributed by atoms with Gasteiger partial charge in [0.05, 0.1) is 5.56 Å². The van der Waals surface area contributed by atoms with Crippen LogP contribution in [-0.2, 0) is 13.0 Å². The first-order valence-electron chi connectivity index (χ1n) is 7.52. The highest BCUT2D eigenvalue weighted by Crippen LogP contribution is 2.21. The minimum absolute atomic E-state index is 0.0839. The summed E-state index contributed by atoms with van der Waals surface area (Å²) in [5.41, 5.74) is 1.70. The van der Waals surface area contributed by atoms with E-state index in [1.165, 1.54) is 0 Å². The van der Waals surface area contributed by atoms with E-state index in [4.69, 9.17) is 0 Å². The van der Waals surface area contributed by atoms with Crippen LogP contribution < -0.4 is 4.90 Å². The Morgan fingerprint density at radius 3 is 2.68 bits per heavy atom. The van der Waals surface area contributed by atoms with Gasteiger partial charge in [-0.1, -0.05) is 12.1 Å². The number of para-hydroxylation sites is 1. The number of hydrogen-bond donors (Lipinski definition) is 0. The molecule has 0 aliphatic carbocycles. The van der Waals surface area contributed by atoms with Gasteiger partial charge in [0, 0.05) is 45.8 Å². The number of benzene rings is 1. The van der Waals surface area contributed by atoms with Crippen molar-refractivity contribution in [2.24, 2.45) is 0 Å². The van der Waals surface area contributed by atoms with Crippen LogP contribution in [0.2, 0.25) is 0 Å². The Morgan fingerprint density at radius 2 is 1.91 bits per heavy atom. The van der Waals surface area contributed by atoms with Gasteiger partial charge >= 0.3 is 0 Å². The number of amides is 1. The molecule has 0 radical (unpaired) electrons. The Morgan fingerprint density at radius 1 is 1.14 bits per heavy atom. The third-order valence-electron chi connectivity index (χ3n) is 4.11. The van der Waals surface area contributed by atoms with Crippen molar-refractivity contribution in [2.75, 3.05) is 32.1 Å². The maximum absolute atomic E-state index is 12.9. The fourth-order valence-corrected chi connectivity index (χ4v) is 2.89. The SMILES string of the molecule is Cc1nnc2n1CCN(C(=O)c1ccccc1N(C)C)CC2. The average molecular weight is 299 g/mol. The van der Waals surface area contributed by atoms with Crippen LogP contribution in [-0.4, -0.2) is 52.8 Å². The molecule has 0 N–H and O–H groups in total. The highest BCUT2D eigenvalue weighted by Gasteiger charge is 2.23. The van der Waals surface area contributed by atoms with Gasteiger partial charge in [0.1, 0.15) is 11.6 Å². The van der Waals surface area contributed by atoms with Crippen molar-refractivity contribution < 1.29 is 4.79 Å². The van der Waals surface area contributed by atoms with Crippen molar-refractivity contribution in [3.05, 3.63) is 41.5 Å². The molecule has 2 heterocycles. The first-order chi connectivity index (χ1) is 10.6. The number of aromatic nitrogens is 3. The smallest absolute Gasteiger partial charge is 0.256 e. The third kappa shape index (κ3) is 2.56. The van der Waals surface area contributed by atoms with Crippen molar-refractivity contribution >= 4 is 11.6 Å². The summed E-state index contributed by atoms with van der Waals surface area (Å²) in [7, 11) is 3.92. The molecular formula is C16H21N5O. The van der Waals surface area contributed by atoms with Crippen LogP contribution in [0.15, 0.2) is 24.3 Å². The first-order valence-corrected chi connectivity index (χ1v) is 7.52. The Kier molecular flexibility index (Phi) is 3.83. The maximum atomic E-state index is 12.9. The second-order valence-electron chi connectivity index (χ2n) is 5.77. The molecule has 2 aromatic rings. The van der Waals surface area contributed by atoms with Crippen molar-refractivity contribution in [2.45, 2.75) is 19.9 Å². The minimum Gasteiger partial charge on any atom is -0.377 e. The quantitative estimate of drug-likeness (QED) is 0.840. The van der Waals surface area contributed by atoms with Crippen LogP contribution in [0, 0.1) is 6.92 Å². The van der Waals surface area contributed by atoms with Crippen LogP contribution >= 0.6 is 0 Å². The number of rotatable bonds is 2. The zero-order valence-corrected chi connectivity index (χ0v) is 13.3. The molecule has 0 saturated heterocycles. The molecule has 116 valence electrons. The lowest BCUT2D eigenvalue weighted by molar-refractivity contribution is 0.0759. The maximum Gasteiger partial charge on any atom is 0.256 e. The standard InChI is InChI=1S/C16H21N5O/c1-12-17-18-15-8-9-20(10-11-21(12)15)16(22)13-6-4-5-7-14(13)19(2)3/h4-7H,8-11H2,1-3H3. The summed E-state index contributed by atoms with van der Waals surface area (Å²) >= 11 is 0. The second-order valence-corrected chi connectivity index (χ2v) is 5.77. The number of aryl methyl sites for hydroxylation is 1. The Bertz CT molecular complexity index is 692. The molecule has 1 amide bonds. The summed E-state index contributed by atoms with van der Waals surface area (Å²) in [6.07, 6.45) is 0.747. The van der Waals surface area contributed by atoms with E-state index in [0.29, 0.717) is 13.1 Å². The van der Waals surface area contributed by atoms with Gasteiger partial charge in [-0.25, -0.2) is 0 Å². The molecule has 22 heavy (non-hydrogen) atoms. The largest absolute Gasteiger partial charge is 0.377 e. The molecule has 6 heteroatoms. The fraction of sp³-hybridized carbons (Fsp3) is 0.438. The van der Waals surface area contributed by atoms with E-state index in [-0.39, 0.29) is 5.91 Å². The Labute approximate surface area is 130 Å². The first kappa shape index (κ1) is 14.6. The molecule has 1 aliphatic heterocycles. The van der Waals surface area contributed by atoms with Crippen LogP contribution in [0.1, 0.15) is 22.0 Å². The topological polar surface area (TPSA) is 54.3 Å². The van der Waals surface area contributed by atoms with Gasteiger partial charge in [0.15, 0.2) is 0 Å². The molecule has 1 aliphatic rings. The van der Waals surface area contributed by atoms with Crippen LogP contribution in [0.5, 0.6) is 0 Å². The molecule has 1 aromatic carbocycles. The molecule has 1 aromatic heterocycles. The van der Waals surface area contributed by atoms with Crippen molar-refractivity contribution in [1.29, 1.82) is 0 Å². The molecule has 0 unspecified atom stereocenters. The normalized spacial score (nSPS) is 14.4. The number of fused-ring (bicyclic) bond motifs is 1. The van der Waals surface area contributed by atoms with Crippen molar-refractivity contribution in [3.8, 4) is 0 Å². The van der Waals surface area contributed by atoms with Gasteiger partial charge in [-0.15, -0.1) is 10.2 Å².